The Morgan fingerprint density at radius 3 is 2.05 bits per heavy atom. The lowest BCUT2D eigenvalue weighted by Crippen LogP contribution is -2.55. The molecule has 0 saturated heterocycles. The molecule has 0 bridgehead atoms. The quantitative estimate of drug-likeness (QED) is 0.779. The minimum atomic E-state index is -0.444. The highest BCUT2D eigenvalue weighted by Crippen LogP contribution is 2.31. The van der Waals surface area contributed by atoms with E-state index in [0.717, 1.165) is 17.1 Å². The number of nitrogens with two attached hydrogens (primary N) is 1. The second-order valence-electron chi connectivity index (χ2n) is 5.98. The SMILES string of the molecule is COc1ccc(OC(N)C(N(C)C)N(C)C)c(C(C)C)c1. The third-order valence-corrected chi connectivity index (χ3v) is 3.45. The van der Waals surface area contributed by atoms with Crippen molar-refractivity contribution in [1.29, 1.82) is 0 Å². The van der Waals surface area contributed by atoms with E-state index in [1.807, 2.05) is 56.2 Å². The number of ether oxygens (including phenoxy) is 2. The van der Waals surface area contributed by atoms with E-state index < -0.39 is 6.23 Å². The van der Waals surface area contributed by atoms with Gasteiger partial charge in [-0.15, -0.1) is 0 Å². The van der Waals surface area contributed by atoms with Gasteiger partial charge in [0.15, 0.2) is 6.23 Å². The number of hydrogen-bond acceptors (Lipinski definition) is 5. The van der Waals surface area contributed by atoms with Gasteiger partial charge in [0.25, 0.3) is 0 Å². The van der Waals surface area contributed by atoms with E-state index >= 15 is 0 Å². The van der Waals surface area contributed by atoms with Gasteiger partial charge in [-0.3, -0.25) is 15.5 Å². The van der Waals surface area contributed by atoms with Crippen molar-refractivity contribution in [2.75, 3.05) is 35.3 Å². The molecule has 0 aliphatic rings. The van der Waals surface area contributed by atoms with Crippen LogP contribution in [0.5, 0.6) is 11.5 Å². The molecule has 0 aliphatic carbocycles. The summed E-state index contributed by atoms with van der Waals surface area (Å²) in [7, 11) is 9.63. The third-order valence-electron chi connectivity index (χ3n) is 3.45. The minimum Gasteiger partial charge on any atom is -0.497 e. The Hall–Kier alpha value is -1.30. The van der Waals surface area contributed by atoms with E-state index in [0.29, 0.717) is 5.92 Å². The lowest BCUT2D eigenvalue weighted by atomic mass is 10.0. The maximum absolute atomic E-state index is 6.25. The van der Waals surface area contributed by atoms with Crippen molar-refractivity contribution >= 4 is 0 Å². The fourth-order valence-corrected chi connectivity index (χ4v) is 2.47. The van der Waals surface area contributed by atoms with Crippen molar-refractivity contribution in [2.45, 2.75) is 32.2 Å². The summed E-state index contributed by atoms with van der Waals surface area (Å²) in [5.74, 6) is 1.97. The normalized spacial score (nSPS) is 13.3. The lowest BCUT2D eigenvalue weighted by molar-refractivity contribution is 0.0155. The van der Waals surface area contributed by atoms with Crippen LogP contribution >= 0.6 is 0 Å². The molecule has 5 nitrogen and oxygen atoms in total. The van der Waals surface area contributed by atoms with Crippen LogP contribution in [-0.2, 0) is 0 Å². The molecule has 0 saturated carbocycles. The molecule has 21 heavy (non-hydrogen) atoms. The van der Waals surface area contributed by atoms with Crippen LogP contribution in [0.15, 0.2) is 18.2 Å². The van der Waals surface area contributed by atoms with E-state index in [1.165, 1.54) is 0 Å². The summed E-state index contributed by atoms with van der Waals surface area (Å²) in [6.45, 7) is 4.26. The number of benzene rings is 1. The molecule has 2 N–H and O–H groups in total. The fourth-order valence-electron chi connectivity index (χ4n) is 2.47. The molecule has 5 heteroatoms. The van der Waals surface area contributed by atoms with Gasteiger partial charge in [-0.05, 0) is 52.3 Å². The zero-order chi connectivity index (χ0) is 16.2. The summed E-state index contributed by atoms with van der Waals surface area (Å²) in [4.78, 5) is 4.09. The Bertz CT molecular complexity index is 439. The molecule has 0 aromatic heterocycles. The maximum Gasteiger partial charge on any atom is 0.176 e. The van der Waals surface area contributed by atoms with Crippen LogP contribution in [0.3, 0.4) is 0 Å². The summed E-state index contributed by atoms with van der Waals surface area (Å²) >= 11 is 0. The van der Waals surface area contributed by atoms with Gasteiger partial charge in [0, 0.05) is 5.56 Å². The molecule has 1 atom stereocenters. The first-order valence-corrected chi connectivity index (χ1v) is 7.21. The molecule has 120 valence electrons. The molecule has 0 heterocycles. The Kier molecular flexibility index (Phi) is 6.45. The van der Waals surface area contributed by atoms with E-state index in [2.05, 4.69) is 13.8 Å². The van der Waals surface area contributed by atoms with E-state index in [9.17, 15) is 0 Å². The van der Waals surface area contributed by atoms with Crippen LogP contribution in [0.1, 0.15) is 25.3 Å². The van der Waals surface area contributed by atoms with Gasteiger partial charge >= 0.3 is 0 Å². The van der Waals surface area contributed by atoms with Crippen molar-refractivity contribution in [3.05, 3.63) is 23.8 Å². The van der Waals surface area contributed by atoms with Crippen LogP contribution in [-0.4, -0.2) is 57.5 Å². The van der Waals surface area contributed by atoms with Gasteiger partial charge in [0.05, 0.1) is 7.11 Å². The van der Waals surface area contributed by atoms with Crippen molar-refractivity contribution in [3.8, 4) is 11.5 Å². The predicted octanol–water partition coefficient (Wildman–Crippen LogP) is 1.93. The van der Waals surface area contributed by atoms with Crippen LogP contribution < -0.4 is 15.2 Å². The van der Waals surface area contributed by atoms with Gasteiger partial charge < -0.3 is 9.47 Å². The molecule has 1 aromatic carbocycles. The minimum absolute atomic E-state index is 0.00730. The zero-order valence-electron chi connectivity index (χ0n) is 14.3. The van der Waals surface area contributed by atoms with Gasteiger partial charge in [-0.1, -0.05) is 13.8 Å². The highest BCUT2D eigenvalue weighted by atomic mass is 16.5. The van der Waals surface area contributed by atoms with E-state index in [1.54, 1.807) is 7.11 Å². The Morgan fingerprint density at radius 1 is 1.05 bits per heavy atom. The average molecular weight is 295 g/mol. The van der Waals surface area contributed by atoms with Crippen LogP contribution in [0.25, 0.3) is 0 Å². The highest BCUT2D eigenvalue weighted by Gasteiger charge is 2.25. The first-order valence-electron chi connectivity index (χ1n) is 7.21. The smallest absolute Gasteiger partial charge is 0.176 e. The van der Waals surface area contributed by atoms with Crippen molar-refractivity contribution in [3.63, 3.8) is 0 Å². The molecule has 0 spiro atoms. The summed E-state index contributed by atoms with van der Waals surface area (Å²) < 4.78 is 11.3. The van der Waals surface area contributed by atoms with Crippen LogP contribution in [0.4, 0.5) is 0 Å². The van der Waals surface area contributed by atoms with Crippen molar-refractivity contribution in [2.24, 2.45) is 5.73 Å². The van der Waals surface area contributed by atoms with Crippen LogP contribution in [0.2, 0.25) is 0 Å². The van der Waals surface area contributed by atoms with Gasteiger partial charge in [-0.2, -0.15) is 0 Å². The third kappa shape index (κ3) is 4.59. The largest absolute Gasteiger partial charge is 0.497 e. The molecule has 1 unspecified atom stereocenters. The number of likely N-dealkylation sites (N-methyl/N-ethyl adjacent to an activating group) is 2. The molecule has 1 rings (SSSR count). The first kappa shape index (κ1) is 17.8. The molecule has 0 fully saturated rings. The summed E-state index contributed by atoms with van der Waals surface area (Å²) in [6.07, 6.45) is -0.451. The number of nitrogens with zero attached hydrogens (tertiary/aromatic N) is 2. The Balaban J connectivity index is 3.01. The van der Waals surface area contributed by atoms with E-state index in [-0.39, 0.29) is 6.17 Å². The molecular weight excluding hydrogens is 266 g/mol. The molecule has 0 radical (unpaired) electrons. The monoisotopic (exact) mass is 295 g/mol. The second kappa shape index (κ2) is 7.64. The topological polar surface area (TPSA) is 51.0 Å². The molecule has 0 amide bonds. The van der Waals surface area contributed by atoms with Crippen LogP contribution in [0, 0.1) is 0 Å². The highest BCUT2D eigenvalue weighted by molar-refractivity contribution is 5.42. The number of hydrogen-bond donors (Lipinski definition) is 1. The Morgan fingerprint density at radius 2 is 1.62 bits per heavy atom. The van der Waals surface area contributed by atoms with Gasteiger partial charge in [-0.25, -0.2) is 0 Å². The molecular formula is C16H29N3O2. The zero-order valence-corrected chi connectivity index (χ0v) is 14.3. The average Bonchev–Trinajstić information content (AvgIpc) is 2.37. The summed E-state index contributed by atoms with van der Waals surface area (Å²) in [6, 6.07) is 5.83. The summed E-state index contributed by atoms with van der Waals surface area (Å²) in [5.41, 5.74) is 7.35. The summed E-state index contributed by atoms with van der Waals surface area (Å²) in [5, 5.41) is 0. The maximum atomic E-state index is 6.25. The van der Waals surface area contributed by atoms with E-state index in [4.69, 9.17) is 15.2 Å². The lowest BCUT2D eigenvalue weighted by Gasteiger charge is -2.35. The standard InChI is InChI=1S/C16H29N3O2/c1-11(2)13-10-12(20-7)8-9-14(13)21-15(17)16(18(3)4)19(5)6/h8-11,15-16H,17H2,1-7H3. The second-order valence-corrected chi connectivity index (χ2v) is 5.98. The Labute approximate surface area is 128 Å². The fraction of sp³-hybridized carbons (Fsp3) is 0.625. The number of methoxy groups -OCH3 is 1. The molecule has 0 aliphatic heterocycles. The molecule has 1 aromatic rings. The first-order chi connectivity index (χ1) is 9.77. The number of rotatable bonds is 7. The van der Waals surface area contributed by atoms with Crippen molar-refractivity contribution < 1.29 is 9.47 Å². The van der Waals surface area contributed by atoms with Gasteiger partial charge in [0.2, 0.25) is 0 Å². The van der Waals surface area contributed by atoms with Crippen molar-refractivity contribution in [1.82, 2.24) is 9.80 Å². The predicted molar refractivity (Wildman–Crippen MR) is 86.8 cm³/mol. The van der Waals surface area contributed by atoms with Gasteiger partial charge in [0.1, 0.15) is 17.7 Å².